The minimum absolute atomic E-state index is 0.212. The van der Waals surface area contributed by atoms with Crippen LogP contribution in [-0.4, -0.2) is 34.9 Å². The van der Waals surface area contributed by atoms with Crippen molar-refractivity contribution in [3.63, 3.8) is 0 Å². The number of aliphatic hydroxyl groups excluding tert-OH is 2. The molecule has 0 spiro atoms. The van der Waals surface area contributed by atoms with Gasteiger partial charge < -0.3 is 15.5 Å². The molecule has 3 N–H and O–H groups in total. The summed E-state index contributed by atoms with van der Waals surface area (Å²) in [6.07, 6.45) is 0.393. The predicted molar refractivity (Wildman–Crippen MR) is 71.1 cm³/mol. The van der Waals surface area contributed by atoms with Crippen LogP contribution in [0.1, 0.15) is 23.7 Å². The first-order valence-electron chi connectivity index (χ1n) is 5.47. The van der Waals surface area contributed by atoms with Crippen LogP contribution in [0, 0.1) is 0 Å². The van der Waals surface area contributed by atoms with Crippen LogP contribution in [0.2, 0.25) is 10.0 Å². The summed E-state index contributed by atoms with van der Waals surface area (Å²) in [6, 6.07) is 4.53. The standard InChI is InChI=1S/C12H15Cl2NO3/c1-2-12(6-16,7-17)15-11(18)9-5-8(13)3-4-10(9)14/h3-5,16-17H,2,6-7H2,1H3,(H,15,18). The molecular weight excluding hydrogens is 277 g/mol. The van der Waals surface area contributed by atoms with Crippen LogP contribution >= 0.6 is 23.2 Å². The van der Waals surface area contributed by atoms with Gasteiger partial charge in [-0.25, -0.2) is 0 Å². The minimum Gasteiger partial charge on any atom is -0.394 e. The van der Waals surface area contributed by atoms with Crippen molar-refractivity contribution >= 4 is 29.1 Å². The van der Waals surface area contributed by atoms with E-state index in [1.807, 2.05) is 0 Å². The van der Waals surface area contributed by atoms with Crippen LogP contribution in [-0.2, 0) is 0 Å². The molecule has 0 heterocycles. The van der Waals surface area contributed by atoms with E-state index in [2.05, 4.69) is 5.32 Å². The van der Waals surface area contributed by atoms with Crippen molar-refractivity contribution in [3.8, 4) is 0 Å². The zero-order chi connectivity index (χ0) is 13.8. The van der Waals surface area contributed by atoms with Crippen molar-refractivity contribution in [1.29, 1.82) is 0 Å². The summed E-state index contributed by atoms with van der Waals surface area (Å²) < 4.78 is 0. The number of carbonyl (C=O) groups excluding carboxylic acids is 1. The number of benzene rings is 1. The zero-order valence-electron chi connectivity index (χ0n) is 9.91. The lowest BCUT2D eigenvalue weighted by Gasteiger charge is -2.29. The Kier molecular flexibility index (Phi) is 5.41. The first kappa shape index (κ1) is 15.2. The molecule has 18 heavy (non-hydrogen) atoms. The lowest BCUT2D eigenvalue weighted by molar-refractivity contribution is 0.0653. The summed E-state index contributed by atoms with van der Waals surface area (Å²) in [5.41, 5.74) is -0.841. The monoisotopic (exact) mass is 291 g/mol. The minimum atomic E-state index is -1.05. The lowest BCUT2D eigenvalue weighted by atomic mass is 9.98. The van der Waals surface area contributed by atoms with Crippen LogP contribution in [0.5, 0.6) is 0 Å². The Morgan fingerprint density at radius 2 is 1.94 bits per heavy atom. The number of amides is 1. The van der Waals surface area contributed by atoms with Crippen molar-refractivity contribution in [2.45, 2.75) is 18.9 Å². The van der Waals surface area contributed by atoms with Crippen molar-refractivity contribution in [3.05, 3.63) is 33.8 Å². The third kappa shape index (κ3) is 3.36. The molecule has 0 aliphatic carbocycles. The Morgan fingerprint density at radius 1 is 1.33 bits per heavy atom. The molecule has 1 rings (SSSR count). The Labute approximate surface area is 116 Å². The van der Waals surface area contributed by atoms with E-state index < -0.39 is 11.4 Å². The highest BCUT2D eigenvalue weighted by Crippen LogP contribution is 2.21. The molecule has 0 fully saturated rings. The van der Waals surface area contributed by atoms with Crippen molar-refractivity contribution in [2.75, 3.05) is 13.2 Å². The van der Waals surface area contributed by atoms with E-state index >= 15 is 0 Å². The van der Waals surface area contributed by atoms with E-state index in [4.69, 9.17) is 23.2 Å². The van der Waals surface area contributed by atoms with Gasteiger partial charge in [0, 0.05) is 5.02 Å². The van der Waals surface area contributed by atoms with Gasteiger partial charge in [0.1, 0.15) is 0 Å². The molecule has 1 aromatic carbocycles. The molecule has 0 atom stereocenters. The normalized spacial score (nSPS) is 11.4. The largest absolute Gasteiger partial charge is 0.394 e. The van der Waals surface area contributed by atoms with E-state index in [-0.39, 0.29) is 23.8 Å². The maximum absolute atomic E-state index is 12.0. The molecule has 0 unspecified atom stereocenters. The highest BCUT2D eigenvalue weighted by molar-refractivity contribution is 6.35. The van der Waals surface area contributed by atoms with Crippen LogP contribution in [0.15, 0.2) is 18.2 Å². The third-order valence-electron chi connectivity index (χ3n) is 2.83. The molecule has 1 aromatic rings. The molecule has 4 nitrogen and oxygen atoms in total. The van der Waals surface area contributed by atoms with Gasteiger partial charge in [0.2, 0.25) is 0 Å². The summed E-state index contributed by atoms with van der Waals surface area (Å²) in [7, 11) is 0. The smallest absolute Gasteiger partial charge is 0.253 e. The molecule has 1 amide bonds. The predicted octanol–water partition coefficient (Wildman–Crippen LogP) is 1.86. The topological polar surface area (TPSA) is 69.6 Å². The van der Waals surface area contributed by atoms with E-state index in [1.54, 1.807) is 13.0 Å². The number of halogens is 2. The average molecular weight is 292 g/mol. The molecule has 0 aliphatic heterocycles. The summed E-state index contributed by atoms with van der Waals surface area (Å²) in [4.78, 5) is 12.0. The number of carbonyl (C=O) groups is 1. The second kappa shape index (κ2) is 6.38. The van der Waals surface area contributed by atoms with Gasteiger partial charge in [-0.2, -0.15) is 0 Å². The molecule has 0 saturated carbocycles. The van der Waals surface area contributed by atoms with E-state index in [1.165, 1.54) is 12.1 Å². The van der Waals surface area contributed by atoms with Gasteiger partial charge in [-0.1, -0.05) is 30.1 Å². The molecule has 0 bridgehead atoms. The van der Waals surface area contributed by atoms with Crippen LogP contribution in [0.25, 0.3) is 0 Å². The van der Waals surface area contributed by atoms with Crippen molar-refractivity contribution in [2.24, 2.45) is 0 Å². The summed E-state index contributed by atoms with van der Waals surface area (Å²) in [5, 5.41) is 21.8. The number of aliphatic hydroxyl groups is 2. The van der Waals surface area contributed by atoms with Crippen LogP contribution < -0.4 is 5.32 Å². The number of rotatable bonds is 5. The maximum Gasteiger partial charge on any atom is 0.253 e. The second-order valence-corrected chi connectivity index (χ2v) is 4.87. The third-order valence-corrected chi connectivity index (χ3v) is 3.40. The Morgan fingerprint density at radius 3 is 2.44 bits per heavy atom. The van der Waals surface area contributed by atoms with Gasteiger partial charge in [-0.15, -0.1) is 0 Å². The fourth-order valence-electron chi connectivity index (χ4n) is 1.42. The molecule has 0 saturated heterocycles. The lowest BCUT2D eigenvalue weighted by Crippen LogP contribution is -2.53. The molecule has 0 aliphatic rings. The maximum atomic E-state index is 12.0. The fourth-order valence-corrected chi connectivity index (χ4v) is 1.80. The molecule has 6 heteroatoms. The molecule has 0 radical (unpaired) electrons. The van der Waals surface area contributed by atoms with Crippen molar-refractivity contribution in [1.82, 2.24) is 5.32 Å². The first-order valence-corrected chi connectivity index (χ1v) is 6.23. The van der Waals surface area contributed by atoms with E-state index in [0.717, 1.165) is 0 Å². The van der Waals surface area contributed by atoms with Crippen molar-refractivity contribution < 1.29 is 15.0 Å². The van der Waals surface area contributed by atoms with Gasteiger partial charge >= 0.3 is 0 Å². The van der Waals surface area contributed by atoms with E-state index in [0.29, 0.717) is 11.4 Å². The van der Waals surface area contributed by atoms with Crippen LogP contribution in [0.4, 0.5) is 0 Å². The zero-order valence-corrected chi connectivity index (χ0v) is 11.4. The fraction of sp³-hybridized carbons (Fsp3) is 0.417. The number of hydrogen-bond acceptors (Lipinski definition) is 3. The quantitative estimate of drug-likeness (QED) is 0.776. The van der Waals surface area contributed by atoms with Crippen LogP contribution in [0.3, 0.4) is 0 Å². The van der Waals surface area contributed by atoms with Gasteiger partial charge in [0.05, 0.1) is 29.3 Å². The SMILES string of the molecule is CCC(CO)(CO)NC(=O)c1cc(Cl)ccc1Cl. The van der Waals surface area contributed by atoms with Gasteiger partial charge in [0.25, 0.3) is 5.91 Å². The summed E-state index contributed by atoms with van der Waals surface area (Å²) in [6.45, 7) is 1.04. The highest BCUT2D eigenvalue weighted by atomic mass is 35.5. The Bertz CT molecular complexity index is 425. The van der Waals surface area contributed by atoms with E-state index in [9.17, 15) is 15.0 Å². The van der Waals surface area contributed by atoms with Gasteiger partial charge in [-0.3, -0.25) is 4.79 Å². The summed E-state index contributed by atoms with van der Waals surface area (Å²) >= 11 is 11.7. The number of nitrogens with one attached hydrogen (secondary N) is 1. The Hall–Kier alpha value is -0.810. The molecular formula is C12H15Cl2NO3. The Balaban J connectivity index is 2.97. The molecule has 0 aromatic heterocycles. The highest BCUT2D eigenvalue weighted by Gasteiger charge is 2.29. The first-order chi connectivity index (χ1) is 8.48. The summed E-state index contributed by atoms with van der Waals surface area (Å²) in [5.74, 6) is -0.479. The van der Waals surface area contributed by atoms with Gasteiger partial charge in [0.15, 0.2) is 0 Å². The average Bonchev–Trinajstić information content (AvgIpc) is 2.38. The molecule has 100 valence electrons. The number of hydrogen-bond donors (Lipinski definition) is 3. The van der Waals surface area contributed by atoms with Gasteiger partial charge in [-0.05, 0) is 24.6 Å². The second-order valence-electron chi connectivity index (χ2n) is 4.03.